The Kier molecular flexibility index (Phi) is 8.51. The summed E-state index contributed by atoms with van der Waals surface area (Å²) in [7, 11) is 0. The highest BCUT2D eigenvalue weighted by atomic mass is 35.5. The van der Waals surface area contributed by atoms with E-state index in [-0.39, 0.29) is 24.6 Å². The number of piperazine rings is 1. The largest absolute Gasteiger partial charge is 0.463 e. The fourth-order valence-electron chi connectivity index (χ4n) is 5.00. The lowest BCUT2D eigenvalue weighted by Gasteiger charge is -2.43. The third-order valence-corrected chi connectivity index (χ3v) is 7.07. The number of halogens is 1. The number of esters is 1. The van der Waals surface area contributed by atoms with Gasteiger partial charge in [0, 0.05) is 55.0 Å². The Hall–Kier alpha value is -3.36. The van der Waals surface area contributed by atoms with Crippen molar-refractivity contribution in [2.24, 2.45) is 0 Å². The summed E-state index contributed by atoms with van der Waals surface area (Å²) in [6, 6.07) is 15.5. The molecule has 2 aliphatic heterocycles. The molecule has 0 aliphatic carbocycles. The molecule has 0 radical (unpaired) electrons. The Morgan fingerprint density at radius 3 is 2.38 bits per heavy atom. The van der Waals surface area contributed by atoms with Gasteiger partial charge >= 0.3 is 12.0 Å². The molecule has 1 saturated heterocycles. The number of urea groups is 1. The highest BCUT2D eigenvalue weighted by Gasteiger charge is 2.39. The second-order valence-corrected chi connectivity index (χ2v) is 9.64. The van der Waals surface area contributed by atoms with Gasteiger partial charge in [-0.25, -0.2) is 9.59 Å². The lowest BCUT2D eigenvalue weighted by Crippen LogP contribution is -2.56. The number of rotatable bonds is 7. The number of hydrogen-bond donors (Lipinski definition) is 1. The number of nitrogens with one attached hydrogen (secondary N) is 1. The van der Waals surface area contributed by atoms with E-state index in [2.05, 4.69) is 10.2 Å². The molecule has 0 aromatic heterocycles. The maximum Gasteiger partial charge on any atom is 0.338 e. The minimum atomic E-state index is -0.601. The zero-order chi connectivity index (χ0) is 26.5. The summed E-state index contributed by atoms with van der Waals surface area (Å²) in [5.41, 5.74) is 2.51. The van der Waals surface area contributed by atoms with Gasteiger partial charge in [0.2, 0.25) is 0 Å². The fourth-order valence-corrected chi connectivity index (χ4v) is 5.13. The minimum absolute atomic E-state index is 0.0355. The molecule has 4 rings (SSSR count). The SMILES string of the molecule is CCOC(=O)C1=C(CN2CCN(C(=O)c3ccc(Cl)cc3)[C@@H](C)C2)N(CC)C(=O)N[C@H]1c1ccccc1. The first-order valence-electron chi connectivity index (χ1n) is 12.7. The standard InChI is InChI=1S/C28H33ClN4O4/c1-4-32-23(24(27(35)37-5-2)25(30-28(32)36)20-9-7-6-8-10-20)18-31-15-16-33(19(3)17-31)26(34)21-11-13-22(29)14-12-21/h6-14,19,25H,4-5,15-18H2,1-3H3,(H,30,36)/t19-,25-/m0/s1. The molecule has 0 unspecified atom stereocenters. The molecule has 2 aliphatic rings. The van der Waals surface area contributed by atoms with Gasteiger partial charge in [0.05, 0.1) is 18.2 Å². The van der Waals surface area contributed by atoms with Gasteiger partial charge in [-0.1, -0.05) is 41.9 Å². The molecule has 2 aromatic carbocycles. The lowest BCUT2D eigenvalue weighted by molar-refractivity contribution is -0.139. The number of benzene rings is 2. The van der Waals surface area contributed by atoms with Gasteiger partial charge in [0.15, 0.2) is 0 Å². The van der Waals surface area contributed by atoms with E-state index >= 15 is 0 Å². The van der Waals surface area contributed by atoms with Crippen LogP contribution in [0.1, 0.15) is 42.7 Å². The van der Waals surface area contributed by atoms with Crippen molar-refractivity contribution < 1.29 is 19.1 Å². The van der Waals surface area contributed by atoms with Gasteiger partial charge in [-0.3, -0.25) is 14.6 Å². The van der Waals surface area contributed by atoms with Crippen molar-refractivity contribution in [3.63, 3.8) is 0 Å². The average molecular weight is 525 g/mol. The summed E-state index contributed by atoms with van der Waals surface area (Å²) in [6.07, 6.45) is 0. The zero-order valence-electron chi connectivity index (χ0n) is 21.4. The van der Waals surface area contributed by atoms with E-state index in [0.29, 0.717) is 54.6 Å². The smallest absolute Gasteiger partial charge is 0.338 e. The topological polar surface area (TPSA) is 82.2 Å². The van der Waals surface area contributed by atoms with Crippen molar-refractivity contribution >= 4 is 29.5 Å². The van der Waals surface area contributed by atoms with E-state index in [0.717, 1.165) is 5.56 Å². The van der Waals surface area contributed by atoms with Crippen LogP contribution in [0, 0.1) is 0 Å². The first kappa shape index (κ1) is 26.7. The van der Waals surface area contributed by atoms with Crippen LogP contribution in [0.15, 0.2) is 65.9 Å². The van der Waals surface area contributed by atoms with Crippen LogP contribution in [-0.2, 0) is 9.53 Å². The Bertz CT molecular complexity index is 1170. The lowest BCUT2D eigenvalue weighted by atomic mass is 9.94. The second kappa shape index (κ2) is 11.8. The molecule has 9 heteroatoms. The van der Waals surface area contributed by atoms with Crippen molar-refractivity contribution in [3.05, 3.63) is 82.0 Å². The van der Waals surface area contributed by atoms with Gasteiger partial charge in [0.1, 0.15) is 0 Å². The molecule has 2 aromatic rings. The van der Waals surface area contributed by atoms with Gasteiger partial charge in [-0.2, -0.15) is 0 Å². The van der Waals surface area contributed by atoms with E-state index in [1.54, 1.807) is 36.1 Å². The number of hydrogen-bond acceptors (Lipinski definition) is 5. The molecule has 2 heterocycles. The molecular formula is C28H33ClN4O4. The van der Waals surface area contributed by atoms with Crippen LogP contribution < -0.4 is 5.32 Å². The van der Waals surface area contributed by atoms with Crippen LogP contribution in [0.2, 0.25) is 5.02 Å². The second-order valence-electron chi connectivity index (χ2n) is 9.21. The summed E-state index contributed by atoms with van der Waals surface area (Å²) in [4.78, 5) is 45.1. The van der Waals surface area contributed by atoms with Crippen molar-refractivity contribution in [3.8, 4) is 0 Å². The van der Waals surface area contributed by atoms with Crippen LogP contribution in [-0.4, -0.2) is 78.0 Å². The van der Waals surface area contributed by atoms with Gasteiger partial charge < -0.3 is 15.0 Å². The molecular weight excluding hydrogens is 492 g/mol. The molecule has 3 amide bonds. The maximum atomic E-state index is 13.2. The number of carbonyl (C=O) groups is 3. The van der Waals surface area contributed by atoms with Gasteiger partial charge in [-0.15, -0.1) is 0 Å². The predicted molar refractivity (Wildman–Crippen MR) is 142 cm³/mol. The third-order valence-electron chi connectivity index (χ3n) is 6.82. The Morgan fingerprint density at radius 2 is 1.76 bits per heavy atom. The first-order chi connectivity index (χ1) is 17.8. The predicted octanol–water partition coefficient (Wildman–Crippen LogP) is 4.09. The van der Waals surface area contributed by atoms with E-state index in [1.807, 2.05) is 49.1 Å². The normalized spacial score (nSPS) is 20.6. The molecule has 8 nitrogen and oxygen atoms in total. The highest BCUT2D eigenvalue weighted by Crippen LogP contribution is 2.32. The number of ether oxygens (including phenoxy) is 1. The molecule has 0 bridgehead atoms. The van der Waals surface area contributed by atoms with Crippen LogP contribution in [0.25, 0.3) is 0 Å². The quantitative estimate of drug-likeness (QED) is 0.552. The first-order valence-corrected chi connectivity index (χ1v) is 13.0. The average Bonchev–Trinajstić information content (AvgIpc) is 2.89. The molecule has 196 valence electrons. The van der Waals surface area contributed by atoms with Crippen molar-refractivity contribution in [2.45, 2.75) is 32.9 Å². The van der Waals surface area contributed by atoms with Crippen LogP contribution in [0.4, 0.5) is 4.79 Å². The molecule has 0 spiro atoms. The van der Waals surface area contributed by atoms with E-state index < -0.39 is 12.0 Å². The summed E-state index contributed by atoms with van der Waals surface area (Å²) >= 11 is 5.98. The third kappa shape index (κ3) is 5.81. The Labute approximate surface area is 222 Å². The van der Waals surface area contributed by atoms with Crippen molar-refractivity contribution in [2.75, 3.05) is 39.3 Å². The number of amides is 3. The van der Waals surface area contributed by atoms with Crippen molar-refractivity contribution in [1.29, 1.82) is 0 Å². The van der Waals surface area contributed by atoms with E-state index in [1.165, 1.54) is 0 Å². The van der Waals surface area contributed by atoms with E-state index in [9.17, 15) is 14.4 Å². The summed E-state index contributed by atoms with van der Waals surface area (Å²) in [6.45, 7) is 8.46. The van der Waals surface area contributed by atoms with Crippen LogP contribution in [0.3, 0.4) is 0 Å². The van der Waals surface area contributed by atoms with Crippen molar-refractivity contribution in [1.82, 2.24) is 20.0 Å². The number of likely N-dealkylation sites (N-methyl/N-ethyl adjacent to an activating group) is 1. The number of carbonyl (C=O) groups excluding carboxylic acids is 3. The zero-order valence-corrected chi connectivity index (χ0v) is 22.2. The Morgan fingerprint density at radius 1 is 1.05 bits per heavy atom. The molecule has 1 fully saturated rings. The molecule has 1 N–H and O–H groups in total. The highest BCUT2D eigenvalue weighted by molar-refractivity contribution is 6.30. The van der Waals surface area contributed by atoms with Crippen LogP contribution >= 0.6 is 11.6 Å². The monoisotopic (exact) mass is 524 g/mol. The van der Waals surface area contributed by atoms with Gasteiger partial charge in [0.25, 0.3) is 5.91 Å². The summed E-state index contributed by atoms with van der Waals surface area (Å²) in [5.74, 6) is -0.471. The summed E-state index contributed by atoms with van der Waals surface area (Å²) in [5, 5.41) is 3.58. The molecule has 2 atom stereocenters. The van der Waals surface area contributed by atoms with E-state index in [4.69, 9.17) is 16.3 Å². The molecule has 0 saturated carbocycles. The number of nitrogens with zero attached hydrogens (tertiary/aromatic N) is 3. The van der Waals surface area contributed by atoms with Crippen LogP contribution in [0.5, 0.6) is 0 Å². The molecule has 37 heavy (non-hydrogen) atoms. The van der Waals surface area contributed by atoms with Gasteiger partial charge in [-0.05, 0) is 50.6 Å². The maximum absolute atomic E-state index is 13.2. The fraction of sp³-hybridized carbons (Fsp3) is 0.393. The summed E-state index contributed by atoms with van der Waals surface area (Å²) < 4.78 is 5.45. The minimum Gasteiger partial charge on any atom is -0.463 e. The Balaban J connectivity index is 1.61.